The van der Waals surface area contributed by atoms with Crippen molar-refractivity contribution >= 4 is 11.6 Å². The standard InChI is InChI=1S/C19H22N4O2/c1-4-25-17-9-8-16(11-18(17)24-3)23-19(21-2)22-13-15-7-5-6-14(10-15)12-20/h5-11H,4,13H2,1-3H3,(H2,21,22,23). The van der Waals surface area contributed by atoms with Crippen molar-refractivity contribution in [3.63, 3.8) is 0 Å². The van der Waals surface area contributed by atoms with Crippen LogP contribution in [0.3, 0.4) is 0 Å². The molecule has 0 unspecified atom stereocenters. The molecule has 0 heterocycles. The molecule has 0 spiro atoms. The lowest BCUT2D eigenvalue weighted by molar-refractivity contribution is 0.311. The highest BCUT2D eigenvalue weighted by molar-refractivity contribution is 5.93. The first-order chi connectivity index (χ1) is 12.2. The average molecular weight is 338 g/mol. The normalized spacial score (nSPS) is 10.7. The second kappa shape index (κ2) is 9.18. The molecule has 0 amide bonds. The molecule has 0 radical (unpaired) electrons. The highest BCUT2D eigenvalue weighted by atomic mass is 16.5. The molecule has 0 saturated heterocycles. The van der Waals surface area contributed by atoms with E-state index in [1.54, 1.807) is 20.2 Å². The van der Waals surface area contributed by atoms with E-state index < -0.39 is 0 Å². The first kappa shape index (κ1) is 18.1. The van der Waals surface area contributed by atoms with Crippen molar-refractivity contribution in [3.8, 4) is 17.6 Å². The lowest BCUT2D eigenvalue weighted by atomic mass is 10.1. The van der Waals surface area contributed by atoms with Crippen molar-refractivity contribution in [1.29, 1.82) is 5.26 Å². The maximum absolute atomic E-state index is 8.96. The molecule has 2 rings (SSSR count). The zero-order valence-electron chi connectivity index (χ0n) is 14.7. The van der Waals surface area contributed by atoms with Gasteiger partial charge in [0.1, 0.15) is 0 Å². The first-order valence-electron chi connectivity index (χ1n) is 7.97. The molecule has 0 aliphatic carbocycles. The molecular formula is C19H22N4O2. The van der Waals surface area contributed by atoms with Crippen LogP contribution in [-0.2, 0) is 6.54 Å². The number of rotatable bonds is 6. The molecule has 2 N–H and O–H groups in total. The van der Waals surface area contributed by atoms with Gasteiger partial charge in [-0.1, -0.05) is 12.1 Å². The lowest BCUT2D eigenvalue weighted by Gasteiger charge is -2.14. The summed E-state index contributed by atoms with van der Waals surface area (Å²) in [5, 5.41) is 15.4. The molecule has 0 saturated carbocycles. The fraction of sp³-hybridized carbons (Fsp3) is 0.263. The highest BCUT2D eigenvalue weighted by Gasteiger charge is 2.07. The third-order valence-corrected chi connectivity index (χ3v) is 3.47. The molecule has 0 fully saturated rings. The van der Waals surface area contributed by atoms with Gasteiger partial charge in [0.25, 0.3) is 0 Å². The number of guanidine groups is 1. The number of ether oxygens (including phenoxy) is 2. The number of aliphatic imine (C=N–C) groups is 1. The number of hydrogen-bond donors (Lipinski definition) is 2. The van der Waals surface area contributed by atoms with Crippen molar-refractivity contribution in [2.45, 2.75) is 13.5 Å². The average Bonchev–Trinajstić information content (AvgIpc) is 2.66. The van der Waals surface area contributed by atoms with E-state index in [0.29, 0.717) is 36.2 Å². The molecule has 6 heteroatoms. The van der Waals surface area contributed by atoms with Gasteiger partial charge in [-0.25, -0.2) is 0 Å². The van der Waals surface area contributed by atoms with Crippen molar-refractivity contribution < 1.29 is 9.47 Å². The van der Waals surface area contributed by atoms with E-state index in [1.807, 2.05) is 43.3 Å². The number of nitrogens with zero attached hydrogens (tertiary/aromatic N) is 2. The first-order valence-corrected chi connectivity index (χ1v) is 7.97. The van der Waals surface area contributed by atoms with Crippen LogP contribution < -0.4 is 20.1 Å². The van der Waals surface area contributed by atoms with Gasteiger partial charge in [0.05, 0.1) is 25.3 Å². The highest BCUT2D eigenvalue weighted by Crippen LogP contribution is 2.30. The summed E-state index contributed by atoms with van der Waals surface area (Å²) in [5.41, 5.74) is 2.48. The third kappa shape index (κ3) is 5.15. The molecule has 25 heavy (non-hydrogen) atoms. The van der Waals surface area contributed by atoms with Gasteiger partial charge >= 0.3 is 0 Å². The van der Waals surface area contributed by atoms with Gasteiger partial charge in [0.15, 0.2) is 17.5 Å². The number of nitriles is 1. The van der Waals surface area contributed by atoms with E-state index in [1.165, 1.54) is 0 Å². The van der Waals surface area contributed by atoms with Gasteiger partial charge < -0.3 is 20.1 Å². The molecule has 0 aromatic heterocycles. The van der Waals surface area contributed by atoms with Crippen LogP contribution in [0.1, 0.15) is 18.1 Å². The Bertz CT molecular complexity index is 781. The van der Waals surface area contributed by atoms with E-state index in [-0.39, 0.29) is 0 Å². The largest absolute Gasteiger partial charge is 0.493 e. The SMILES string of the molecule is CCOc1ccc(NC(=NC)NCc2cccc(C#N)c2)cc1OC. The van der Waals surface area contributed by atoms with Gasteiger partial charge in [-0.2, -0.15) is 5.26 Å². The number of methoxy groups -OCH3 is 1. The summed E-state index contributed by atoms with van der Waals surface area (Å²) in [6, 6.07) is 15.2. The smallest absolute Gasteiger partial charge is 0.195 e. The van der Waals surface area contributed by atoms with Crippen LogP contribution >= 0.6 is 0 Å². The van der Waals surface area contributed by atoms with E-state index in [9.17, 15) is 0 Å². The van der Waals surface area contributed by atoms with Crippen molar-refractivity contribution in [3.05, 3.63) is 53.6 Å². The fourth-order valence-corrected chi connectivity index (χ4v) is 2.27. The fourth-order valence-electron chi connectivity index (χ4n) is 2.27. The van der Waals surface area contributed by atoms with Gasteiger partial charge in [-0.05, 0) is 36.8 Å². The Hall–Kier alpha value is -3.20. The van der Waals surface area contributed by atoms with E-state index in [2.05, 4.69) is 21.7 Å². The molecular weight excluding hydrogens is 316 g/mol. The molecule has 0 atom stereocenters. The van der Waals surface area contributed by atoms with Crippen LogP contribution in [0.5, 0.6) is 11.5 Å². The second-order valence-corrected chi connectivity index (χ2v) is 5.16. The molecule has 2 aromatic rings. The number of nitrogens with one attached hydrogen (secondary N) is 2. The molecule has 2 aromatic carbocycles. The Labute approximate surface area is 148 Å². The van der Waals surface area contributed by atoms with E-state index in [0.717, 1.165) is 11.3 Å². The Morgan fingerprint density at radius 3 is 2.72 bits per heavy atom. The zero-order chi connectivity index (χ0) is 18.1. The molecule has 0 aliphatic heterocycles. The lowest BCUT2D eigenvalue weighted by Crippen LogP contribution is -2.30. The minimum atomic E-state index is 0.559. The quantitative estimate of drug-likeness (QED) is 0.625. The Balaban J connectivity index is 2.03. The Kier molecular flexibility index (Phi) is 6.66. The summed E-state index contributed by atoms with van der Waals surface area (Å²) in [4.78, 5) is 4.21. The predicted octanol–water partition coefficient (Wildman–Crippen LogP) is 3.15. The molecule has 6 nitrogen and oxygen atoms in total. The van der Waals surface area contributed by atoms with Crippen LogP contribution in [0.4, 0.5) is 5.69 Å². The maximum atomic E-state index is 8.96. The van der Waals surface area contributed by atoms with E-state index >= 15 is 0 Å². The minimum absolute atomic E-state index is 0.559. The summed E-state index contributed by atoms with van der Waals surface area (Å²) < 4.78 is 10.9. The summed E-state index contributed by atoms with van der Waals surface area (Å²) in [7, 11) is 3.31. The third-order valence-electron chi connectivity index (χ3n) is 3.47. The topological polar surface area (TPSA) is 78.7 Å². The summed E-state index contributed by atoms with van der Waals surface area (Å²) >= 11 is 0. The van der Waals surface area contributed by atoms with Crippen LogP contribution in [-0.4, -0.2) is 26.7 Å². The summed E-state index contributed by atoms with van der Waals surface area (Å²) in [5.74, 6) is 1.98. The van der Waals surface area contributed by atoms with E-state index in [4.69, 9.17) is 14.7 Å². The molecule has 0 bridgehead atoms. The predicted molar refractivity (Wildman–Crippen MR) is 99.1 cm³/mol. The van der Waals surface area contributed by atoms with Crippen LogP contribution in [0.2, 0.25) is 0 Å². The van der Waals surface area contributed by atoms with Crippen molar-refractivity contribution in [1.82, 2.24) is 5.32 Å². The Morgan fingerprint density at radius 1 is 1.20 bits per heavy atom. The van der Waals surface area contributed by atoms with Crippen molar-refractivity contribution in [2.24, 2.45) is 4.99 Å². The van der Waals surface area contributed by atoms with Gasteiger partial charge in [-0.3, -0.25) is 4.99 Å². The maximum Gasteiger partial charge on any atom is 0.195 e. The van der Waals surface area contributed by atoms with Gasteiger partial charge in [0.2, 0.25) is 0 Å². The summed E-state index contributed by atoms with van der Waals surface area (Å²) in [6.07, 6.45) is 0. The zero-order valence-corrected chi connectivity index (χ0v) is 14.7. The van der Waals surface area contributed by atoms with Gasteiger partial charge in [-0.15, -0.1) is 0 Å². The monoisotopic (exact) mass is 338 g/mol. The number of hydrogen-bond acceptors (Lipinski definition) is 4. The van der Waals surface area contributed by atoms with Crippen molar-refractivity contribution in [2.75, 3.05) is 26.1 Å². The minimum Gasteiger partial charge on any atom is -0.493 e. The van der Waals surface area contributed by atoms with Crippen LogP contribution in [0, 0.1) is 11.3 Å². The number of benzene rings is 2. The number of anilines is 1. The second-order valence-electron chi connectivity index (χ2n) is 5.16. The molecule has 130 valence electrons. The van der Waals surface area contributed by atoms with Gasteiger partial charge in [0, 0.05) is 25.3 Å². The molecule has 0 aliphatic rings. The summed E-state index contributed by atoms with van der Waals surface area (Å²) in [6.45, 7) is 3.07. The van der Waals surface area contributed by atoms with Crippen LogP contribution in [0.25, 0.3) is 0 Å². The van der Waals surface area contributed by atoms with Crippen LogP contribution in [0.15, 0.2) is 47.5 Å². The Morgan fingerprint density at radius 2 is 2.04 bits per heavy atom.